The molecule has 0 saturated heterocycles. The summed E-state index contributed by atoms with van der Waals surface area (Å²) in [4.78, 5) is 0. The highest BCUT2D eigenvalue weighted by molar-refractivity contribution is 5.80. The van der Waals surface area contributed by atoms with Crippen LogP contribution in [0.3, 0.4) is 0 Å². The van der Waals surface area contributed by atoms with Gasteiger partial charge < -0.3 is 0 Å². The van der Waals surface area contributed by atoms with E-state index < -0.39 is 0 Å². The van der Waals surface area contributed by atoms with Crippen molar-refractivity contribution in [1.82, 2.24) is 9.61 Å². The summed E-state index contributed by atoms with van der Waals surface area (Å²) in [6.07, 6.45) is 8.89. The molecule has 0 saturated carbocycles. The first kappa shape index (κ1) is 11.0. The lowest BCUT2D eigenvalue weighted by molar-refractivity contribution is 0.604. The molecule has 1 aliphatic carbocycles. The summed E-state index contributed by atoms with van der Waals surface area (Å²) in [5, 5.41) is 13.2. The quantitative estimate of drug-likeness (QED) is 0.763. The summed E-state index contributed by atoms with van der Waals surface area (Å²) in [5.41, 5.74) is 5.11. The minimum Gasteiger partial charge on any atom is -0.240 e. The molecule has 0 aliphatic heterocycles. The molecule has 1 unspecified atom stereocenters. The third-order valence-electron chi connectivity index (χ3n) is 3.70. The van der Waals surface area contributed by atoms with Gasteiger partial charge >= 0.3 is 0 Å². The van der Waals surface area contributed by atoms with Crippen molar-refractivity contribution in [2.24, 2.45) is 5.92 Å². The number of nitrogens with zero attached hydrogens (tertiary/aromatic N) is 3. The van der Waals surface area contributed by atoms with E-state index in [0.717, 1.165) is 24.8 Å². The molecule has 2 aromatic rings. The summed E-state index contributed by atoms with van der Waals surface area (Å²) in [6, 6.07) is 6.52. The van der Waals surface area contributed by atoms with Crippen molar-refractivity contribution in [3.63, 3.8) is 0 Å². The predicted molar refractivity (Wildman–Crippen MR) is 70.9 cm³/mol. The zero-order chi connectivity index (χ0) is 12.5. The molecular formula is C15H15N3. The van der Waals surface area contributed by atoms with Crippen LogP contribution in [0.1, 0.15) is 30.4 Å². The van der Waals surface area contributed by atoms with Crippen molar-refractivity contribution < 1.29 is 0 Å². The maximum Gasteiger partial charge on any atom is 0.0739 e. The second kappa shape index (κ2) is 4.30. The summed E-state index contributed by atoms with van der Waals surface area (Å²) in [5.74, 6) is 0.193. The van der Waals surface area contributed by atoms with Gasteiger partial charge in [0.15, 0.2) is 0 Å². The topological polar surface area (TPSA) is 41.1 Å². The Morgan fingerprint density at radius 2 is 2.33 bits per heavy atom. The number of aryl methyl sites for hydroxylation is 1. The van der Waals surface area contributed by atoms with Crippen LogP contribution in [0.5, 0.6) is 0 Å². The molecule has 3 heteroatoms. The van der Waals surface area contributed by atoms with Crippen molar-refractivity contribution in [1.29, 1.82) is 5.26 Å². The average molecular weight is 237 g/mol. The molecule has 0 amide bonds. The molecule has 90 valence electrons. The van der Waals surface area contributed by atoms with E-state index in [1.807, 2.05) is 16.9 Å². The van der Waals surface area contributed by atoms with E-state index in [0.29, 0.717) is 0 Å². The van der Waals surface area contributed by atoms with E-state index in [9.17, 15) is 0 Å². The summed E-state index contributed by atoms with van der Waals surface area (Å²) >= 11 is 0. The fourth-order valence-electron chi connectivity index (χ4n) is 2.69. The summed E-state index contributed by atoms with van der Waals surface area (Å²) in [6.45, 7) is 2.14. The second-order valence-corrected chi connectivity index (χ2v) is 4.86. The van der Waals surface area contributed by atoms with Gasteiger partial charge in [-0.25, -0.2) is 4.52 Å². The standard InChI is InChI=1S/C15H15N3/c1-11-7-9-18-14(6-8-17-18)15(11)13-4-2-12(10-16)3-5-13/h4,6-9,12H,2-3,5H2,1H3. The van der Waals surface area contributed by atoms with Crippen LogP contribution in [0.25, 0.3) is 11.1 Å². The zero-order valence-corrected chi connectivity index (χ0v) is 10.4. The molecule has 0 N–H and O–H groups in total. The molecular weight excluding hydrogens is 222 g/mol. The highest BCUT2D eigenvalue weighted by Gasteiger charge is 2.17. The smallest absolute Gasteiger partial charge is 0.0739 e. The number of allylic oxidation sites excluding steroid dienone is 2. The van der Waals surface area contributed by atoms with Gasteiger partial charge in [-0.1, -0.05) is 6.08 Å². The van der Waals surface area contributed by atoms with Crippen LogP contribution in [-0.4, -0.2) is 9.61 Å². The Bertz CT molecular complexity index is 658. The molecule has 0 fully saturated rings. The molecule has 0 bridgehead atoms. The van der Waals surface area contributed by atoms with E-state index in [1.165, 1.54) is 16.7 Å². The van der Waals surface area contributed by atoms with Gasteiger partial charge in [0, 0.05) is 18.0 Å². The van der Waals surface area contributed by atoms with Gasteiger partial charge in [-0.3, -0.25) is 0 Å². The lowest BCUT2D eigenvalue weighted by atomic mass is 9.86. The zero-order valence-electron chi connectivity index (χ0n) is 10.4. The number of hydrogen-bond donors (Lipinski definition) is 0. The fourth-order valence-corrected chi connectivity index (χ4v) is 2.69. The monoisotopic (exact) mass is 237 g/mol. The molecule has 2 aromatic heterocycles. The van der Waals surface area contributed by atoms with Gasteiger partial charge in [-0.05, 0) is 49.5 Å². The SMILES string of the molecule is Cc1ccn2nccc2c1C1=CCC(C#N)CC1. The Kier molecular flexibility index (Phi) is 2.64. The van der Waals surface area contributed by atoms with Crippen LogP contribution in [0.15, 0.2) is 30.6 Å². The largest absolute Gasteiger partial charge is 0.240 e. The molecule has 0 spiro atoms. The van der Waals surface area contributed by atoms with Gasteiger partial charge in [-0.15, -0.1) is 0 Å². The molecule has 3 rings (SSSR count). The fraction of sp³-hybridized carbons (Fsp3) is 0.333. The summed E-state index contributed by atoms with van der Waals surface area (Å²) < 4.78 is 1.92. The summed E-state index contributed by atoms with van der Waals surface area (Å²) in [7, 11) is 0. The van der Waals surface area contributed by atoms with Crippen LogP contribution < -0.4 is 0 Å². The number of rotatable bonds is 1. The van der Waals surface area contributed by atoms with Crippen molar-refractivity contribution in [3.05, 3.63) is 41.7 Å². The molecule has 0 aromatic carbocycles. The van der Waals surface area contributed by atoms with E-state index in [2.05, 4.69) is 36.3 Å². The maximum absolute atomic E-state index is 8.95. The first-order valence-corrected chi connectivity index (χ1v) is 6.31. The van der Waals surface area contributed by atoms with E-state index in [-0.39, 0.29) is 5.92 Å². The van der Waals surface area contributed by atoms with Crippen LogP contribution >= 0.6 is 0 Å². The molecule has 18 heavy (non-hydrogen) atoms. The van der Waals surface area contributed by atoms with Crippen molar-refractivity contribution >= 4 is 11.1 Å². The van der Waals surface area contributed by atoms with Crippen LogP contribution in [-0.2, 0) is 0 Å². The number of nitriles is 1. The van der Waals surface area contributed by atoms with E-state index in [1.54, 1.807) is 0 Å². The lowest BCUT2D eigenvalue weighted by Crippen LogP contribution is -2.05. The molecule has 1 atom stereocenters. The Labute approximate surface area is 106 Å². The first-order chi connectivity index (χ1) is 8.79. The van der Waals surface area contributed by atoms with Gasteiger partial charge in [0.25, 0.3) is 0 Å². The minimum absolute atomic E-state index is 0.193. The Hall–Kier alpha value is -2.08. The molecule has 1 aliphatic rings. The third-order valence-corrected chi connectivity index (χ3v) is 3.70. The van der Waals surface area contributed by atoms with E-state index >= 15 is 0 Å². The van der Waals surface area contributed by atoms with Gasteiger partial charge in [0.2, 0.25) is 0 Å². The van der Waals surface area contributed by atoms with Crippen LogP contribution in [0, 0.1) is 24.2 Å². The Balaban J connectivity index is 2.10. The van der Waals surface area contributed by atoms with E-state index in [4.69, 9.17) is 5.26 Å². The Morgan fingerprint density at radius 3 is 3.06 bits per heavy atom. The van der Waals surface area contributed by atoms with Crippen molar-refractivity contribution in [2.75, 3.05) is 0 Å². The van der Waals surface area contributed by atoms with Crippen molar-refractivity contribution in [2.45, 2.75) is 26.2 Å². The van der Waals surface area contributed by atoms with Crippen LogP contribution in [0.4, 0.5) is 0 Å². The highest BCUT2D eigenvalue weighted by Crippen LogP contribution is 2.33. The number of fused-ring (bicyclic) bond motifs is 1. The highest BCUT2D eigenvalue weighted by atomic mass is 15.2. The van der Waals surface area contributed by atoms with Gasteiger partial charge in [0.05, 0.1) is 17.5 Å². The lowest BCUT2D eigenvalue weighted by Gasteiger charge is -2.19. The minimum atomic E-state index is 0.193. The molecule has 3 nitrogen and oxygen atoms in total. The Morgan fingerprint density at radius 1 is 1.44 bits per heavy atom. The second-order valence-electron chi connectivity index (χ2n) is 4.86. The average Bonchev–Trinajstić information content (AvgIpc) is 2.87. The first-order valence-electron chi connectivity index (χ1n) is 6.31. The predicted octanol–water partition coefficient (Wildman–Crippen LogP) is 3.35. The van der Waals surface area contributed by atoms with Gasteiger partial charge in [-0.2, -0.15) is 10.4 Å². The number of pyridine rings is 1. The van der Waals surface area contributed by atoms with Crippen molar-refractivity contribution in [3.8, 4) is 6.07 Å². The van der Waals surface area contributed by atoms with Gasteiger partial charge in [0.1, 0.15) is 0 Å². The molecule has 0 radical (unpaired) electrons. The molecule has 2 heterocycles. The number of aromatic nitrogens is 2. The maximum atomic E-state index is 8.95. The van der Waals surface area contributed by atoms with Crippen LogP contribution in [0.2, 0.25) is 0 Å². The normalized spacial score (nSPS) is 19.6. The number of hydrogen-bond acceptors (Lipinski definition) is 2. The third kappa shape index (κ3) is 1.70.